The number of hydrogen-bond acceptors (Lipinski definition) is 7. The molecule has 3 aromatic rings. The van der Waals surface area contributed by atoms with E-state index in [9.17, 15) is 19.5 Å². The summed E-state index contributed by atoms with van der Waals surface area (Å²) in [6, 6.07) is 16.2. The van der Waals surface area contributed by atoms with Gasteiger partial charge in [0.1, 0.15) is 12.3 Å². The van der Waals surface area contributed by atoms with E-state index in [1.807, 2.05) is 24.3 Å². The quantitative estimate of drug-likeness (QED) is 0.358. The zero-order valence-electron chi connectivity index (χ0n) is 19.0. The predicted molar refractivity (Wildman–Crippen MR) is 129 cm³/mol. The third-order valence-electron chi connectivity index (χ3n) is 5.91. The van der Waals surface area contributed by atoms with Gasteiger partial charge in [0.2, 0.25) is 0 Å². The van der Waals surface area contributed by atoms with Crippen molar-refractivity contribution in [2.24, 2.45) is 0 Å². The molecule has 0 spiro atoms. The Bertz CT molecular complexity index is 1210. The number of benzene rings is 2. The van der Waals surface area contributed by atoms with E-state index in [1.54, 1.807) is 0 Å². The van der Waals surface area contributed by atoms with Crippen molar-refractivity contribution < 1.29 is 29.3 Å². The van der Waals surface area contributed by atoms with Gasteiger partial charge in [0.05, 0.1) is 11.6 Å². The lowest BCUT2D eigenvalue weighted by Crippen LogP contribution is -2.55. The summed E-state index contributed by atoms with van der Waals surface area (Å²) in [5.41, 5.74) is 2.83. The molecule has 0 saturated carbocycles. The van der Waals surface area contributed by atoms with Crippen LogP contribution >= 0.6 is 11.3 Å². The van der Waals surface area contributed by atoms with Crippen LogP contribution in [0, 0.1) is 0 Å². The summed E-state index contributed by atoms with van der Waals surface area (Å²) in [5.74, 6) is -2.07. The van der Waals surface area contributed by atoms with Crippen LogP contribution in [0.3, 0.4) is 0 Å². The molecule has 0 bridgehead atoms. The molecule has 4 rings (SSSR count). The summed E-state index contributed by atoms with van der Waals surface area (Å²) >= 11 is 1.22. The van der Waals surface area contributed by atoms with Crippen LogP contribution in [-0.2, 0) is 16.0 Å². The highest BCUT2D eigenvalue weighted by Gasteiger charge is 2.35. The fourth-order valence-electron chi connectivity index (χ4n) is 3.93. The largest absolute Gasteiger partial charge is 0.479 e. The van der Waals surface area contributed by atoms with Crippen molar-refractivity contribution >= 4 is 29.3 Å². The number of hydrogen-bond donors (Lipinski definition) is 4. The summed E-state index contributed by atoms with van der Waals surface area (Å²) in [6.07, 6.45) is -0.167. The van der Waals surface area contributed by atoms with Gasteiger partial charge < -0.3 is 25.6 Å². The standard InChI is InChI=1S/C25H25N3O6S/c1-25(14-29,23(31)32)28-22(30)20-13-35-21(27-20)10-11-26-24(33)34-12-19-17-8-4-2-6-15(17)16-7-3-5-9-18(16)19/h2-9,13,19,29H,10-12,14H2,1H3,(H,26,33)(H,28,30)(H,31,32). The highest BCUT2D eigenvalue weighted by Crippen LogP contribution is 2.44. The number of carbonyl (C=O) groups excluding carboxylic acids is 2. The second kappa shape index (κ2) is 10.2. The summed E-state index contributed by atoms with van der Waals surface area (Å²) < 4.78 is 5.50. The van der Waals surface area contributed by atoms with Crippen molar-refractivity contribution in [1.29, 1.82) is 0 Å². The van der Waals surface area contributed by atoms with Crippen molar-refractivity contribution in [1.82, 2.24) is 15.6 Å². The molecule has 1 heterocycles. The molecule has 0 fully saturated rings. The number of rotatable bonds is 9. The topological polar surface area (TPSA) is 138 Å². The molecule has 1 aliphatic rings. The van der Waals surface area contributed by atoms with Gasteiger partial charge in [-0.15, -0.1) is 11.3 Å². The average molecular weight is 496 g/mol. The highest BCUT2D eigenvalue weighted by atomic mass is 32.1. The number of nitrogens with zero attached hydrogens (tertiary/aromatic N) is 1. The molecule has 2 amide bonds. The fourth-order valence-corrected chi connectivity index (χ4v) is 4.70. The Morgan fingerprint density at radius 3 is 2.31 bits per heavy atom. The van der Waals surface area contributed by atoms with Crippen molar-refractivity contribution in [3.8, 4) is 11.1 Å². The maximum absolute atomic E-state index is 12.3. The zero-order chi connectivity index (χ0) is 25.0. The molecule has 4 N–H and O–H groups in total. The van der Waals surface area contributed by atoms with E-state index < -0.39 is 30.1 Å². The number of thiazole rings is 1. The Morgan fingerprint density at radius 1 is 1.09 bits per heavy atom. The van der Waals surface area contributed by atoms with Gasteiger partial charge >= 0.3 is 12.1 Å². The molecule has 0 radical (unpaired) electrons. The summed E-state index contributed by atoms with van der Waals surface area (Å²) in [7, 11) is 0. The minimum absolute atomic E-state index is 0.0245. The molecule has 1 unspecified atom stereocenters. The van der Waals surface area contributed by atoms with Crippen molar-refractivity contribution in [3.05, 3.63) is 75.7 Å². The van der Waals surface area contributed by atoms with Crippen LogP contribution in [0.4, 0.5) is 4.79 Å². The predicted octanol–water partition coefficient (Wildman–Crippen LogP) is 2.79. The Kier molecular flexibility index (Phi) is 7.13. The minimum Gasteiger partial charge on any atom is -0.479 e. The highest BCUT2D eigenvalue weighted by molar-refractivity contribution is 7.09. The lowest BCUT2D eigenvalue weighted by molar-refractivity contribution is -0.145. The van der Waals surface area contributed by atoms with Gasteiger partial charge in [0.15, 0.2) is 5.54 Å². The van der Waals surface area contributed by atoms with E-state index in [0.717, 1.165) is 22.3 Å². The number of aliphatic hydroxyl groups excluding tert-OH is 1. The Morgan fingerprint density at radius 2 is 1.71 bits per heavy atom. The number of ether oxygens (including phenoxy) is 1. The molecule has 1 aliphatic carbocycles. The smallest absolute Gasteiger partial charge is 0.407 e. The molecule has 0 aliphatic heterocycles. The Balaban J connectivity index is 1.27. The molecule has 2 aromatic carbocycles. The van der Waals surface area contributed by atoms with E-state index in [-0.39, 0.29) is 24.8 Å². The molecule has 1 aromatic heterocycles. The summed E-state index contributed by atoms with van der Waals surface area (Å²) in [4.78, 5) is 40.0. The third kappa shape index (κ3) is 5.18. The molecular formula is C25H25N3O6S. The molecule has 35 heavy (non-hydrogen) atoms. The van der Waals surface area contributed by atoms with Gasteiger partial charge in [-0.3, -0.25) is 4.79 Å². The third-order valence-corrected chi connectivity index (χ3v) is 6.82. The van der Waals surface area contributed by atoms with Crippen LogP contribution < -0.4 is 10.6 Å². The molecule has 182 valence electrons. The van der Waals surface area contributed by atoms with Crippen LogP contribution in [-0.4, -0.2) is 58.5 Å². The van der Waals surface area contributed by atoms with Crippen LogP contribution in [0.15, 0.2) is 53.9 Å². The van der Waals surface area contributed by atoms with Crippen molar-refractivity contribution in [2.75, 3.05) is 19.8 Å². The molecule has 9 nitrogen and oxygen atoms in total. The number of carboxylic acid groups (broad SMARTS) is 1. The second-order valence-electron chi connectivity index (χ2n) is 8.38. The van der Waals surface area contributed by atoms with E-state index in [4.69, 9.17) is 9.84 Å². The molecule has 0 saturated heterocycles. The first-order chi connectivity index (χ1) is 16.8. The molecule has 10 heteroatoms. The van der Waals surface area contributed by atoms with Crippen LogP contribution in [0.25, 0.3) is 11.1 Å². The number of nitrogens with one attached hydrogen (secondary N) is 2. The summed E-state index contributed by atoms with van der Waals surface area (Å²) in [5, 5.41) is 25.5. The maximum Gasteiger partial charge on any atom is 0.407 e. The zero-order valence-corrected chi connectivity index (χ0v) is 19.8. The van der Waals surface area contributed by atoms with E-state index in [0.29, 0.717) is 11.4 Å². The number of amides is 2. The van der Waals surface area contributed by atoms with Gasteiger partial charge in [0.25, 0.3) is 5.91 Å². The van der Waals surface area contributed by atoms with Gasteiger partial charge in [0, 0.05) is 24.3 Å². The number of aliphatic carboxylic acids is 1. The number of fused-ring (bicyclic) bond motifs is 3. The lowest BCUT2D eigenvalue weighted by atomic mass is 9.98. The fraction of sp³-hybridized carbons (Fsp3) is 0.280. The first kappa shape index (κ1) is 24.4. The van der Waals surface area contributed by atoms with E-state index in [1.165, 1.54) is 23.6 Å². The number of carbonyl (C=O) groups is 3. The van der Waals surface area contributed by atoms with Crippen molar-refractivity contribution in [3.63, 3.8) is 0 Å². The van der Waals surface area contributed by atoms with Crippen molar-refractivity contribution in [2.45, 2.75) is 24.8 Å². The van der Waals surface area contributed by atoms with Crippen LogP contribution in [0.5, 0.6) is 0 Å². The van der Waals surface area contributed by atoms with Gasteiger partial charge in [-0.05, 0) is 29.2 Å². The minimum atomic E-state index is -1.80. The SMILES string of the molecule is CC(CO)(NC(=O)c1csc(CCNC(=O)OCC2c3ccccc3-c3ccccc32)n1)C(=O)O. The average Bonchev–Trinajstić information content (AvgIpc) is 3.45. The maximum atomic E-state index is 12.3. The number of aliphatic hydroxyl groups is 1. The lowest BCUT2D eigenvalue weighted by Gasteiger charge is -2.22. The second-order valence-corrected chi connectivity index (χ2v) is 9.32. The van der Waals surface area contributed by atoms with Crippen LogP contribution in [0.2, 0.25) is 0 Å². The Labute approximate surface area is 205 Å². The number of aromatic nitrogens is 1. The van der Waals surface area contributed by atoms with E-state index >= 15 is 0 Å². The first-order valence-corrected chi connectivity index (χ1v) is 11.9. The molecular weight excluding hydrogens is 470 g/mol. The van der Waals surface area contributed by atoms with Gasteiger partial charge in [-0.2, -0.15) is 0 Å². The first-order valence-electron chi connectivity index (χ1n) is 11.0. The van der Waals surface area contributed by atoms with E-state index in [2.05, 4.69) is 39.9 Å². The summed E-state index contributed by atoms with van der Waals surface area (Å²) in [6.45, 7) is 0.928. The molecule has 1 atom stereocenters. The Hall–Kier alpha value is -3.76. The number of alkyl carbamates (subject to hydrolysis) is 1. The van der Waals surface area contributed by atoms with Gasteiger partial charge in [-0.1, -0.05) is 48.5 Å². The monoisotopic (exact) mass is 495 g/mol. The van der Waals surface area contributed by atoms with Crippen LogP contribution in [0.1, 0.15) is 39.5 Å². The normalized spacial score (nSPS) is 13.9. The van der Waals surface area contributed by atoms with Gasteiger partial charge in [-0.25, -0.2) is 14.6 Å². The number of carboxylic acids is 1.